The maximum Gasteiger partial charge on any atom is 0.255 e. The number of rotatable bonds is 5. The third-order valence-electron chi connectivity index (χ3n) is 4.07. The number of hydrogen-bond donors (Lipinski definition) is 1. The zero-order chi connectivity index (χ0) is 16.4. The number of alkyl halides is 1. The minimum atomic E-state index is -0.419. The molecular formula is C16H20FN3OS. The van der Waals surface area contributed by atoms with Crippen LogP contribution < -0.4 is 10.7 Å². The Labute approximate surface area is 135 Å². The predicted octanol–water partition coefficient (Wildman–Crippen LogP) is 2.94. The number of benzene rings is 1. The number of amides is 1. The van der Waals surface area contributed by atoms with Gasteiger partial charge in [-0.2, -0.15) is 10.1 Å². The number of nitrogens with zero attached hydrogens (tertiary/aromatic N) is 2. The van der Waals surface area contributed by atoms with Crippen LogP contribution in [0.2, 0.25) is 0 Å². The Kier molecular flexibility index (Phi) is 4.90. The second kappa shape index (κ2) is 6.52. The van der Waals surface area contributed by atoms with Crippen LogP contribution in [0.1, 0.15) is 35.1 Å². The van der Waals surface area contributed by atoms with E-state index in [4.69, 9.17) is 18.0 Å². The molecule has 1 amide bonds. The van der Waals surface area contributed by atoms with Gasteiger partial charge in [-0.3, -0.25) is 9.18 Å². The Balaban J connectivity index is 2.39. The molecule has 6 heteroatoms. The van der Waals surface area contributed by atoms with Crippen LogP contribution in [0.5, 0.6) is 0 Å². The van der Waals surface area contributed by atoms with Crippen molar-refractivity contribution in [2.24, 2.45) is 16.8 Å². The number of hydrazone groups is 1. The van der Waals surface area contributed by atoms with Gasteiger partial charge in [-0.25, -0.2) is 0 Å². The topological polar surface area (TPSA) is 58.7 Å². The average molecular weight is 321 g/mol. The summed E-state index contributed by atoms with van der Waals surface area (Å²) in [6.45, 7) is 5.34. The van der Waals surface area contributed by atoms with Gasteiger partial charge in [-0.05, 0) is 56.4 Å². The third-order valence-corrected chi connectivity index (χ3v) is 4.29. The van der Waals surface area contributed by atoms with Crippen molar-refractivity contribution in [1.82, 2.24) is 0 Å². The molecule has 0 spiro atoms. The van der Waals surface area contributed by atoms with E-state index in [9.17, 15) is 9.18 Å². The Morgan fingerprint density at radius 2 is 2.09 bits per heavy atom. The van der Waals surface area contributed by atoms with Gasteiger partial charge in [0, 0.05) is 11.8 Å². The molecule has 1 aliphatic rings. The molecule has 1 aliphatic heterocycles. The van der Waals surface area contributed by atoms with E-state index < -0.39 is 6.67 Å². The van der Waals surface area contributed by atoms with Crippen LogP contribution >= 0.6 is 12.2 Å². The van der Waals surface area contributed by atoms with Gasteiger partial charge in [0.05, 0.1) is 18.3 Å². The summed E-state index contributed by atoms with van der Waals surface area (Å²) in [7, 11) is 0. The molecule has 0 saturated carbocycles. The van der Waals surface area contributed by atoms with Crippen molar-refractivity contribution in [3.05, 3.63) is 28.3 Å². The predicted molar refractivity (Wildman–Crippen MR) is 91.2 cm³/mol. The highest BCUT2D eigenvalue weighted by Crippen LogP contribution is 2.33. The van der Waals surface area contributed by atoms with E-state index in [2.05, 4.69) is 5.10 Å². The van der Waals surface area contributed by atoms with Crippen LogP contribution in [-0.2, 0) is 4.79 Å². The number of carbonyl (C=O) groups excluding carboxylic acids is 1. The molecule has 1 aromatic rings. The Hall–Kier alpha value is -1.82. The molecule has 118 valence electrons. The molecule has 0 aromatic heterocycles. The van der Waals surface area contributed by atoms with Crippen LogP contribution in [0.4, 0.5) is 10.1 Å². The maximum atomic E-state index is 12.5. The van der Waals surface area contributed by atoms with E-state index in [0.29, 0.717) is 17.8 Å². The number of aryl methyl sites for hydroxylation is 1. The van der Waals surface area contributed by atoms with Gasteiger partial charge in [0.2, 0.25) is 0 Å². The number of carbonyl (C=O) groups is 1. The smallest absolute Gasteiger partial charge is 0.255 e. The molecular weight excluding hydrogens is 301 g/mol. The lowest BCUT2D eigenvalue weighted by atomic mass is 9.96. The average Bonchev–Trinajstić information content (AvgIpc) is 2.82. The highest BCUT2D eigenvalue weighted by molar-refractivity contribution is 7.80. The number of nitrogens with two attached hydrogens (primary N) is 1. The van der Waals surface area contributed by atoms with Crippen LogP contribution in [0.15, 0.2) is 11.2 Å². The Morgan fingerprint density at radius 1 is 1.41 bits per heavy atom. The first-order chi connectivity index (χ1) is 10.4. The van der Waals surface area contributed by atoms with Gasteiger partial charge in [0.25, 0.3) is 5.91 Å². The van der Waals surface area contributed by atoms with Crippen molar-refractivity contribution in [3.8, 4) is 0 Å². The molecule has 4 nitrogen and oxygen atoms in total. The van der Waals surface area contributed by atoms with Crippen LogP contribution in [0, 0.1) is 26.7 Å². The minimum Gasteiger partial charge on any atom is -0.389 e. The van der Waals surface area contributed by atoms with E-state index in [0.717, 1.165) is 27.9 Å². The van der Waals surface area contributed by atoms with Crippen LogP contribution in [0.3, 0.4) is 0 Å². The molecule has 1 aromatic carbocycles. The van der Waals surface area contributed by atoms with Gasteiger partial charge in [-0.15, -0.1) is 0 Å². The fourth-order valence-corrected chi connectivity index (χ4v) is 2.95. The van der Waals surface area contributed by atoms with Crippen molar-refractivity contribution in [1.29, 1.82) is 0 Å². The summed E-state index contributed by atoms with van der Waals surface area (Å²) in [6.07, 6.45) is 2.46. The monoisotopic (exact) mass is 321 g/mol. The second-order valence-electron chi connectivity index (χ2n) is 5.56. The third kappa shape index (κ3) is 2.88. The van der Waals surface area contributed by atoms with Crippen molar-refractivity contribution in [2.45, 2.75) is 33.6 Å². The first kappa shape index (κ1) is 16.5. The van der Waals surface area contributed by atoms with Crippen molar-refractivity contribution in [3.63, 3.8) is 0 Å². The molecule has 1 atom stereocenters. The summed E-state index contributed by atoms with van der Waals surface area (Å²) in [4.78, 5) is 12.8. The summed E-state index contributed by atoms with van der Waals surface area (Å²) in [5.74, 6) is -0.452. The Bertz CT molecular complexity index is 657. The van der Waals surface area contributed by atoms with E-state index in [1.54, 1.807) is 6.21 Å². The van der Waals surface area contributed by atoms with Crippen LogP contribution in [0.25, 0.3) is 0 Å². The van der Waals surface area contributed by atoms with E-state index >= 15 is 0 Å². The van der Waals surface area contributed by atoms with Crippen molar-refractivity contribution in [2.75, 3.05) is 11.7 Å². The van der Waals surface area contributed by atoms with Gasteiger partial charge < -0.3 is 5.73 Å². The lowest BCUT2D eigenvalue weighted by Crippen LogP contribution is -2.28. The first-order valence-electron chi connectivity index (χ1n) is 7.23. The Morgan fingerprint density at radius 3 is 2.68 bits per heavy atom. The highest BCUT2D eigenvalue weighted by atomic mass is 32.1. The molecule has 22 heavy (non-hydrogen) atoms. The van der Waals surface area contributed by atoms with Gasteiger partial charge in [0.15, 0.2) is 0 Å². The number of halogens is 1. The maximum absolute atomic E-state index is 12.5. The zero-order valence-corrected chi connectivity index (χ0v) is 13.8. The fraction of sp³-hybridized carbons (Fsp3) is 0.438. The summed E-state index contributed by atoms with van der Waals surface area (Å²) >= 11 is 5.07. The van der Waals surface area contributed by atoms with E-state index in [1.807, 2.05) is 26.8 Å². The van der Waals surface area contributed by atoms with Gasteiger partial charge >= 0.3 is 0 Å². The van der Waals surface area contributed by atoms with E-state index in [1.165, 1.54) is 5.01 Å². The van der Waals surface area contributed by atoms with E-state index in [-0.39, 0.29) is 11.8 Å². The lowest BCUT2D eigenvalue weighted by molar-refractivity contribution is -0.119. The molecule has 0 fully saturated rings. The largest absolute Gasteiger partial charge is 0.389 e. The molecule has 1 heterocycles. The van der Waals surface area contributed by atoms with Crippen LogP contribution in [-0.4, -0.2) is 23.8 Å². The summed E-state index contributed by atoms with van der Waals surface area (Å²) in [6, 6.07) is 1.89. The molecule has 2 rings (SSSR count). The summed E-state index contributed by atoms with van der Waals surface area (Å²) in [5, 5.41) is 5.65. The number of hydrogen-bond acceptors (Lipinski definition) is 3. The summed E-state index contributed by atoms with van der Waals surface area (Å²) < 4.78 is 12.3. The van der Waals surface area contributed by atoms with Gasteiger partial charge in [0.1, 0.15) is 4.99 Å². The second-order valence-corrected chi connectivity index (χ2v) is 6.00. The molecule has 0 saturated heterocycles. The van der Waals surface area contributed by atoms with Gasteiger partial charge in [-0.1, -0.05) is 12.2 Å². The van der Waals surface area contributed by atoms with Crippen molar-refractivity contribution >= 4 is 35.0 Å². The zero-order valence-electron chi connectivity index (χ0n) is 13.0. The standard InChI is InChI=1S/C16H20FN3OS/c1-9-7-13(15(18)22)10(2)11(3)14(9)20-16(21)12(8-19-20)5-4-6-17/h7-8,12H,4-6H2,1-3H3,(H2,18,22). The molecule has 0 radical (unpaired) electrons. The fourth-order valence-electron chi connectivity index (χ4n) is 2.74. The molecule has 0 aliphatic carbocycles. The SMILES string of the molecule is Cc1cc(C(N)=S)c(C)c(C)c1N1N=CC(CCCF)C1=O. The number of thiocarbonyl (C=S) groups is 1. The lowest BCUT2D eigenvalue weighted by Gasteiger charge is -2.22. The molecule has 2 N–H and O–H groups in total. The number of anilines is 1. The first-order valence-corrected chi connectivity index (χ1v) is 7.64. The van der Waals surface area contributed by atoms with Crippen molar-refractivity contribution < 1.29 is 9.18 Å². The molecule has 0 bridgehead atoms. The normalized spacial score (nSPS) is 17.4. The molecule has 1 unspecified atom stereocenters. The quantitative estimate of drug-likeness (QED) is 0.848. The summed E-state index contributed by atoms with van der Waals surface area (Å²) in [5.41, 5.74) is 10.1. The minimum absolute atomic E-state index is 0.109. The highest BCUT2D eigenvalue weighted by Gasteiger charge is 2.31.